The van der Waals surface area contributed by atoms with Crippen LogP contribution in [0.5, 0.6) is 0 Å². The molecule has 1 aliphatic heterocycles. The Labute approximate surface area is 347 Å². The quantitative estimate of drug-likeness (QED) is 0.179. The third-order valence-corrected chi connectivity index (χ3v) is 13.8. The molecule has 0 spiro atoms. The van der Waals surface area contributed by atoms with E-state index in [-0.39, 0.29) is 10.8 Å². The van der Waals surface area contributed by atoms with Gasteiger partial charge in [-0.15, -0.1) is 0 Å². The molecule has 0 bridgehead atoms. The molecule has 0 saturated carbocycles. The summed E-state index contributed by atoms with van der Waals surface area (Å²) in [7, 11) is 0. The minimum absolute atomic E-state index is 0.200. The highest BCUT2D eigenvalue weighted by atomic mass is 15.2. The van der Waals surface area contributed by atoms with Gasteiger partial charge in [-0.1, -0.05) is 160 Å². The zero-order valence-electron chi connectivity index (χ0n) is 33.7. The molecule has 3 aromatic heterocycles. The number of hydrogen-bond acceptors (Lipinski definition) is 2. The van der Waals surface area contributed by atoms with Crippen molar-refractivity contribution in [1.29, 1.82) is 0 Å². The van der Waals surface area contributed by atoms with Gasteiger partial charge < -0.3 is 4.57 Å². The van der Waals surface area contributed by atoms with E-state index < -0.39 is 0 Å². The fraction of sp³-hybridized carbons (Fsp3) is 0.107. The van der Waals surface area contributed by atoms with Crippen LogP contribution in [0.15, 0.2) is 164 Å². The fourth-order valence-corrected chi connectivity index (χ4v) is 10.8. The minimum Gasteiger partial charge on any atom is -0.309 e. The summed E-state index contributed by atoms with van der Waals surface area (Å²) in [4.78, 5) is 11.0. The van der Waals surface area contributed by atoms with E-state index >= 15 is 0 Å². The number of aromatic nitrogens is 4. The molecule has 13 rings (SSSR count). The molecule has 60 heavy (non-hydrogen) atoms. The molecule has 4 nitrogen and oxygen atoms in total. The average molecular weight is 769 g/mol. The minimum atomic E-state index is -0.319. The molecule has 0 radical (unpaired) electrons. The van der Waals surface area contributed by atoms with Gasteiger partial charge in [0.25, 0.3) is 0 Å². The van der Waals surface area contributed by atoms with E-state index in [4.69, 9.17) is 9.97 Å². The van der Waals surface area contributed by atoms with E-state index in [1.165, 1.54) is 81.7 Å². The van der Waals surface area contributed by atoms with Crippen LogP contribution in [0, 0.1) is 0 Å². The van der Waals surface area contributed by atoms with E-state index in [1.807, 2.05) is 0 Å². The lowest BCUT2D eigenvalue weighted by atomic mass is 9.73. The highest BCUT2D eigenvalue weighted by Crippen LogP contribution is 2.51. The van der Waals surface area contributed by atoms with Gasteiger partial charge in [0.15, 0.2) is 0 Å². The summed E-state index contributed by atoms with van der Waals surface area (Å²) in [6, 6.07) is 60.2. The van der Waals surface area contributed by atoms with Gasteiger partial charge in [-0.25, -0.2) is 9.97 Å². The summed E-state index contributed by atoms with van der Waals surface area (Å²) >= 11 is 0. The molecular formula is C56H40N4. The fourth-order valence-electron chi connectivity index (χ4n) is 10.8. The molecule has 8 aromatic carbocycles. The second-order valence-electron chi connectivity index (χ2n) is 17.7. The van der Waals surface area contributed by atoms with Crippen molar-refractivity contribution < 1.29 is 0 Å². The molecular weight excluding hydrogens is 729 g/mol. The smallest absolute Gasteiger partial charge is 0.235 e. The molecule has 1 atom stereocenters. The topological polar surface area (TPSA) is 35.6 Å². The molecule has 284 valence electrons. The van der Waals surface area contributed by atoms with E-state index in [0.29, 0.717) is 5.95 Å². The Kier molecular flexibility index (Phi) is 6.67. The highest BCUT2D eigenvalue weighted by molar-refractivity contribution is 6.19. The lowest BCUT2D eigenvalue weighted by molar-refractivity contribution is 0.631. The van der Waals surface area contributed by atoms with Crippen molar-refractivity contribution in [3.05, 3.63) is 191 Å². The normalized spacial score (nSPS) is 16.6. The maximum absolute atomic E-state index is 5.59. The Morgan fingerprint density at radius 1 is 0.517 bits per heavy atom. The zero-order chi connectivity index (χ0) is 39.9. The van der Waals surface area contributed by atoms with E-state index in [0.717, 1.165) is 34.1 Å². The van der Waals surface area contributed by atoms with Crippen LogP contribution in [0.1, 0.15) is 44.0 Å². The maximum atomic E-state index is 5.59. The Morgan fingerprint density at radius 3 is 2.02 bits per heavy atom. The van der Waals surface area contributed by atoms with Gasteiger partial charge in [-0.2, -0.15) is 0 Å². The molecule has 0 amide bonds. The summed E-state index contributed by atoms with van der Waals surface area (Å²) in [5, 5.41) is 11.1. The predicted octanol–water partition coefficient (Wildman–Crippen LogP) is 12.2. The first-order chi connectivity index (χ1) is 29.4. The number of benzene rings is 8. The van der Waals surface area contributed by atoms with Gasteiger partial charge in [0, 0.05) is 37.8 Å². The van der Waals surface area contributed by atoms with Gasteiger partial charge >= 0.3 is 0 Å². The van der Waals surface area contributed by atoms with E-state index in [2.05, 4.69) is 206 Å². The van der Waals surface area contributed by atoms with Crippen molar-refractivity contribution in [3.63, 3.8) is 0 Å². The van der Waals surface area contributed by atoms with Gasteiger partial charge in [-0.05, 0) is 86.3 Å². The van der Waals surface area contributed by atoms with Crippen molar-refractivity contribution in [2.24, 2.45) is 0 Å². The van der Waals surface area contributed by atoms with Gasteiger partial charge in [0.2, 0.25) is 5.95 Å². The third kappa shape index (κ3) is 4.51. The molecule has 0 N–H and O–H groups in total. The predicted molar refractivity (Wildman–Crippen MR) is 250 cm³/mol. The van der Waals surface area contributed by atoms with Crippen LogP contribution in [-0.4, -0.2) is 19.1 Å². The largest absolute Gasteiger partial charge is 0.309 e. The second kappa shape index (κ2) is 11.9. The Morgan fingerprint density at radius 2 is 1.18 bits per heavy atom. The van der Waals surface area contributed by atoms with Crippen molar-refractivity contribution in [1.82, 2.24) is 19.1 Å². The van der Waals surface area contributed by atoms with Crippen molar-refractivity contribution in [3.8, 4) is 22.8 Å². The van der Waals surface area contributed by atoms with Crippen LogP contribution in [0.25, 0.3) is 100 Å². The van der Waals surface area contributed by atoms with E-state index in [9.17, 15) is 0 Å². The Hall–Kier alpha value is -7.30. The first-order valence-corrected chi connectivity index (χ1v) is 21.1. The van der Waals surface area contributed by atoms with Crippen LogP contribution >= 0.6 is 0 Å². The SMILES string of the molecule is CC1(c2nc(-n3c4ccccc4c4ccc(-c5ccc6c7c5c5ccccc5n7-c5cc7ccccc7cc5C6(C)C)cc43)nc3ccccc23)C=c2ccccc2=CC1. The molecule has 1 unspecified atom stereocenters. The number of rotatable bonds is 3. The first kappa shape index (κ1) is 33.6. The lowest BCUT2D eigenvalue weighted by Crippen LogP contribution is -2.35. The second-order valence-corrected chi connectivity index (χ2v) is 17.7. The number of fused-ring (bicyclic) bond motifs is 11. The highest BCUT2D eigenvalue weighted by Gasteiger charge is 2.36. The monoisotopic (exact) mass is 768 g/mol. The van der Waals surface area contributed by atoms with Crippen LogP contribution < -0.4 is 10.4 Å². The zero-order valence-corrected chi connectivity index (χ0v) is 33.7. The lowest BCUT2D eigenvalue weighted by Gasteiger charge is -2.35. The van der Waals surface area contributed by atoms with Gasteiger partial charge in [-0.3, -0.25) is 4.57 Å². The maximum Gasteiger partial charge on any atom is 0.235 e. The summed E-state index contributed by atoms with van der Waals surface area (Å²) in [6.07, 6.45) is 5.63. The standard InChI is InChI=1S/C56H40N4/c1-55(2)44-27-26-39(51-43-20-10-13-23-48(43)59(52(44)51)50-31-36-16-6-5-15-35(36)30-45(50)55)37-24-25-41-40-18-9-12-22-47(40)60(49(41)32-37)54-57-46-21-11-8-19-42(46)53(58-54)56(3)29-28-34-14-4-7-17-38(34)33-56/h4-28,30-33H,29H2,1-3H3. The molecule has 4 heteroatoms. The first-order valence-electron chi connectivity index (χ1n) is 21.1. The molecule has 2 aliphatic rings. The van der Waals surface area contributed by atoms with Crippen molar-refractivity contribution >= 4 is 77.4 Å². The van der Waals surface area contributed by atoms with Gasteiger partial charge in [0.1, 0.15) is 0 Å². The van der Waals surface area contributed by atoms with Crippen molar-refractivity contribution in [2.75, 3.05) is 0 Å². The summed E-state index contributed by atoms with van der Waals surface area (Å²) in [5.41, 5.74) is 12.5. The van der Waals surface area contributed by atoms with Gasteiger partial charge in [0.05, 0.1) is 39.0 Å². The number of para-hydroxylation sites is 3. The summed E-state index contributed by atoms with van der Waals surface area (Å²) in [5.74, 6) is 0.692. The molecule has 0 fully saturated rings. The van der Waals surface area contributed by atoms with Crippen LogP contribution in [0.4, 0.5) is 0 Å². The van der Waals surface area contributed by atoms with Crippen molar-refractivity contribution in [2.45, 2.75) is 38.0 Å². The molecule has 1 aliphatic carbocycles. The molecule has 0 saturated heterocycles. The number of nitrogens with zero attached hydrogens (tertiary/aromatic N) is 4. The van der Waals surface area contributed by atoms with Crippen LogP contribution in [-0.2, 0) is 10.8 Å². The van der Waals surface area contributed by atoms with Crippen LogP contribution in [0.3, 0.4) is 0 Å². The number of hydrogen-bond donors (Lipinski definition) is 0. The Bertz CT molecular complexity index is 3810. The van der Waals surface area contributed by atoms with Crippen LogP contribution in [0.2, 0.25) is 0 Å². The van der Waals surface area contributed by atoms with E-state index in [1.54, 1.807) is 0 Å². The molecule has 11 aromatic rings. The molecule has 4 heterocycles. The third-order valence-electron chi connectivity index (χ3n) is 13.8. The summed E-state index contributed by atoms with van der Waals surface area (Å²) < 4.78 is 4.84. The Balaban J connectivity index is 1.08. The average Bonchev–Trinajstić information content (AvgIpc) is 3.81. The summed E-state index contributed by atoms with van der Waals surface area (Å²) in [6.45, 7) is 7.10.